The Morgan fingerprint density at radius 3 is 2.58 bits per heavy atom. The van der Waals surface area contributed by atoms with E-state index in [2.05, 4.69) is 4.74 Å². The number of morpholine rings is 1. The van der Waals surface area contributed by atoms with Crippen LogP contribution < -0.4 is 0 Å². The fourth-order valence-electron chi connectivity index (χ4n) is 2.65. The zero-order valence-electron chi connectivity index (χ0n) is 15.1. The van der Waals surface area contributed by atoms with Crippen LogP contribution in [0.3, 0.4) is 0 Å². The summed E-state index contributed by atoms with van der Waals surface area (Å²) in [5.41, 5.74) is 0.327. The van der Waals surface area contributed by atoms with E-state index < -0.39 is 24.4 Å². The molecule has 1 aromatic rings. The van der Waals surface area contributed by atoms with Gasteiger partial charge in [-0.2, -0.15) is 8.78 Å². The van der Waals surface area contributed by atoms with Crippen LogP contribution in [-0.2, 0) is 20.6 Å². The third kappa shape index (κ3) is 6.70. The van der Waals surface area contributed by atoms with Crippen LogP contribution in [0.4, 0.5) is 13.6 Å². The van der Waals surface area contributed by atoms with Crippen LogP contribution in [0.1, 0.15) is 26.3 Å². The summed E-state index contributed by atoms with van der Waals surface area (Å²) < 4.78 is 39.9. The maximum absolute atomic E-state index is 12.6. The lowest BCUT2D eigenvalue weighted by atomic mass is 10.0. The van der Waals surface area contributed by atoms with Crippen LogP contribution in [0, 0.1) is 0 Å². The number of carbonyl (C=O) groups excluding carboxylic acids is 1. The number of nitrogens with zero attached hydrogens (tertiary/aromatic N) is 1. The maximum atomic E-state index is 12.6. The predicted molar refractivity (Wildman–Crippen MR) is 93.6 cm³/mol. The van der Waals surface area contributed by atoms with E-state index in [9.17, 15) is 13.6 Å². The third-order valence-electron chi connectivity index (χ3n) is 3.79. The minimum atomic E-state index is -2.87. The molecule has 1 saturated heterocycles. The van der Waals surface area contributed by atoms with Gasteiger partial charge in [-0.3, -0.25) is 4.90 Å². The summed E-state index contributed by atoms with van der Waals surface area (Å²) in [6.07, 6.45) is -0.585. The van der Waals surface area contributed by atoms with Gasteiger partial charge in [0.2, 0.25) is 0 Å². The van der Waals surface area contributed by atoms with Gasteiger partial charge in [-0.05, 0) is 44.9 Å². The van der Waals surface area contributed by atoms with E-state index in [0.29, 0.717) is 11.4 Å². The van der Waals surface area contributed by atoms with Crippen molar-refractivity contribution in [1.29, 1.82) is 0 Å². The van der Waals surface area contributed by atoms with Crippen molar-refractivity contribution in [1.82, 2.24) is 4.90 Å². The number of hydrogen-bond donors (Lipinski definition) is 0. The van der Waals surface area contributed by atoms with Crippen molar-refractivity contribution in [2.24, 2.45) is 0 Å². The zero-order valence-corrected chi connectivity index (χ0v) is 15.8. The fourth-order valence-corrected chi connectivity index (χ4v) is 2.77. The Morgan fingerprint density at radius 2 is 2.00 bits per heavy atom. The van der Waals surface area contributed by atoms with Gasteiger partial charge < -0.3 is 14.2 Å². The second kappa shape index (κ2) is 8.97. The van der Waals surface area contributed by atoms with Crippen molar-refractivity contribution >= 4 is 17.7 Å². The molecule has 0 radical (unpaired) electrons. The first-order chi connectivity index (χ1) is 12.1. The van der Waals surface area contributed by atoms with Crippen molar-refractivity contribution in [3.63, 3.8) is 0 Å². The highest BCUT2D eigenvalue weighted by molar-refractivity contribution is 6.30. The number of benzene rings is 1. The number of halogens is 3. The first-order valence-corrected chi connectivity index (χ1v) is 8.77. The molecule has 1 aliphatic heterocycles. The molecule has 1 fully saturated rings. The second-order valence-corrected chi connectivity index (χ2v) is 7.60. The summed E-state index contributed by atoms with van der Waals surface area (Å²) in [6.45, 7) is 2.49. The molecule has 2 unspecified atom stereocenters. The SMILES string of the molecule is CC(C)(C)OC(=O)N1CC(COC(F)F)OCC1Cc1ccc(Cl)cc1. The Hall–Kier alpha value is -1.44. The topological polar surface area (TPSA) is 48.0 Å². The summed E-state index contributed by atoms with van der Waals surface area (Å²) in [5, 5.41) is 0.627. The molecule has 1 aliphatic rings. The Kier molecular flexibility index (Phi) is 7.20. The first-order valence-electron chi connectivity index (χ1n) is 8.39. The Labute approximate surface area is 157 Å². The van der Waals surface area contributed by atoms with E-state index in [-0.39, 0.29) is 25.8 Å². The standard InChI is InChI=1S/C18H24ClF2NO4/c1-18(2,3)26-17(23)22-9-15(11-25-16(20)21)24-10-14(22)8-12-4-6-13(19)7-5-12/h4-7,14-16H,8-11H2,1-3H3. The van der Waals surface area contributed by atoms with Crippen LogP contribution in [0.25, 0.3) is 0 Å². The van der Waals surface area contributed by atoms with Crippen LogP contribution >= 0.6 is 11.6 Å². The van der Waals surface area contributed by atoms with E-state index in [0.717, 1.165) is 5.56 Å². The Bertz CT molecular complexity index is 592. The van der Waals surface area contributed by atoms with Crippen molar-refractivity contribution in [2.45, 2.75) is 51.6 Å². The smallest absolute Gasteiger partial charge is 0.410 e. The average molecular weight is 392 g/mol. The average Bonchev–Trinajstić information content (AvgIpc) is 2.54. The van der Waals surface area contributed by atoms with Crippen LogP contribution in [0.15, 0.2) is 24.3 Å². The van der Waals surface area contributed by atoms with E-state index in [1.807, 2.05) is 12.1 Å². The number of alkyl halides is 2. The summed E-state index contributed by atoms with van der Waals surface area (Å²) in [5.74, 6) is 0. The molecule has 1 aromatic carbocycles. The monoisotopic (exact) mass is 391 g/mol. The molecule has 146 valence electrons. The highest BCUT2D eigenvalue weighted by Crippen LogP contribution is 2.21. The molecule has 0 N–H and O–H groups in total. The largest absolute Gasteiger partial charge is 0.444 e. The van der Waals surface area contributed by atoms with Gasteiger partial charge in [-0.1, -0.05) is 23.7 Å². The molecule has 8 heteroatoms. The van der Waals surface area contributed by atoms with Crippen molar-refractivity contribution in [2.75, 3.05) is 19.8 Å². The van der Waals surface area contributed by atoms with Crippen molar-refractivity contribution < 1.29 is 27.8 Å². The third-order valence-corrected chi connectivity index (χ3v) is 4.04. The lowest BCUT2D eigenvalue weighted by Crippen LogP contribution is -2.55. The lowest BCUT2D eigenvalue weighted by Gasteiger charge is -2.40. The van der Waals surface area contributed by atoms with Gasteiger partial charge in [0.1, 0.15) is 5.60 Å². The van der Waals surface area contributed by atoms with Gasteiger partial charge >= 0.3 is 12.7 Å². The molecular formula is C18H24ClF2NO4. The van der Waals surface area contributed by atoms with Gasteiger partial charge in [0.15, 0.2) is 0 Å². The summed E-state index contributed by atoms with van der Waals surface area (Å²) >= 11 is 5.90. The lowest BCUT2D eigenvalue weighted by molar-refractivity contribution is -0.169. The molecule has 0 bridgehead atoms. The number of rotatable bonds is 5. The van der Waals surface area contributed by atoms with Gasteiger partial charge in [-0.15, -0.1) is 0 Å². The normalized spacial score (nSPS) is 21.1. The summed E-state index contributed by atoms with van der Waals surface area (Å²) in [6, 6.07) is 7.03. The van der Waals surface area contributed by atoms with Crippen molar-refractivity contribution in [3.8, 4) is 0 Å². The second-order valence-electron chi connectivity index (χ2n) is 7.17. The molecule has 0 saturated carbocycles. The summed E-state index contributed by atoms with van der Waals surface area (Å²) in [4.78, 5) is 14.1. The van der Waals surface area contributed by atoms with Gasteiger partial charge in [0.05, 0.1) is 31.9 Å². The molecule has 0 aromatic heterocycles. The molecule has 5 nitrogen and oxygen atoms in total. The number of amides is 1. The molecule has 1 heterocycles. The molecule has 1 amide bonds. The van der Waals surface area contributed by atoms with Crippen LogP contribution in [0.2, 0.25) is 5.02 Å². The predicted octanol–water partition coefficient (Wildman–Crippen LogP) is 4.13. The number of ether oxygens (including phenoxy) is 3. The number of carbonyl (C=O) groups is 1. The highest BCUT2D eigenvalue weighted by atomic mass is 35.5. The van der Waals surface area contributed by atoms with E-state index in [1.165, 1.54) is 4.90 Å². The molecule has 0 aliphatic carbocycles. The zero-order chi connectivity index (χ0) is 19.3. The molecular weight excluding hydrogens is 368 g/mol. The number of hydrogen-bond acceptors (Lipinski definition) is 4. The minimum absolute atomic E-state index is 0.125. The van der Waals surface area contributed by atoms with Crippen LogP contribution in [-0.4, -0.2) is 55.1 Å². The quantitative estimate of drug-likeness (QED) is 0.757. The Balaban J connectivity index is 2.08. The fraction of sp³-hybridized carbons (Fsp3) is 0.611. The van der Waals surface area contributed by atoms with E-state index in [4.69, 9.17) is 21.1 Å². The van der Waals surface area contributed by atoms with Gasteiger partial charge in [0, 0.05) is 5.02 Å². The van der Waals surface area contributed by atoms with E-state index >= 15 is 0 Å². The Morgan fingerprint density at radius 1 is 1.35 bits per heavy atom. The molecule has 2 atom stereocenters. The first kappa shape index (κ1) is 20.9. The minimum Gasteiger partial charge on any atom is -0.444 e. The van der Waals surface area contributed by atoms with Gasteiger partial charge in [-0.25, -0.2) is 4.79 Å². The van der Waals surface area contributed by atoms with E-state index in [1.54, 1.807) is 32.9 Å². The summed E-state index contributed by atoms with van der Waals surface area (Å²) in [7, 11) is 0. The molecule has 0 spiro atoms. The molecule has 26 heavy (non-hydrogen) atoms. The van der Waals surface area contributed by atoms with Gasteiger partial charge in [0.25, 0.3) is 0 Å². The molecule has 2 rings (SSSR count). The maximum Gasteiger partial charge on any atom is 0.410 e. The van der Waals surface area contributed by atoms with Crippen molar-refractivity contribution in [3.05, 3.63) is 34.9 Å². The van der Waals surface area contributed by atoms with Crippen LogP contribution in [0.5, 0.6) is 0 Å². The highest BCUT2D eigenvalue weighted by Gasteiger charge is 2.35.